The lowest BCUT2D eigenvalue weighted by molar-refractivity contribution is 0.0398. The summed E-state index contributed by atoms with van der Waals surface area (Å²) < 4.78 is 16.6. The Kier molecular flexibility index (Phi) is 5.55. The molecule has 27 heavy (non-hydrogen) atoms. The smallest absolute Gasteiger partial charge is 0.224 e. The molecule has 8 heteroatoms. The second-order valence-corrected chi connectivity index (χ2v) is 6.58. The van der Waals surface area contributed by atoms with Gasteiger partial charge in [0.15, 0.2) is 11.5 Å². The van der Waals surface area contributed by atoms with Gasteiger partial charge in [-0.15, -0.1) is 0 Å². The molecule has 0 aliphatic carbocycles. The highest BCUT2D eigenvalue weighted by Gasteiger charge is 2.13. The largest absolute Gasteiger partial charge is 0.486 e. The maximum absolute atomic E-state index is 5.64. The molecule has 0 atom stereocenters. The zero-order valence-corrected chi connectivity index (χ0v) is 15.5. The monoisotopic (exact) mass is 371 g/mol. The van der Waals surface area contributed by atoms with Crippen molar-refractivity contribution in [2.45, 2.75) is 6.92 Å². The fourth-order valence-electron chi connectivity index (χ4n) is 3.13. The van der Waals surface area contributed by atoms with Gasteiger partial charge in [0.1, 0.15) is 19.0 Å². The minimum absolute atomic E-state index is 0.570. The van der Waals surface area contributed by atoms with E-state index in [2.05, 4.69) is 25.5 Å². The number of nitrogens with one attached hydrogen (secondary N) is 2. The molecule has 0 bridgehead atoms. The van der Waals surface area contributed by atoms with Crippen LogP contribution in [-0.2, 0) is 4.74 Å². The minimum Gasteiger partial charge on any atom is -0.486 e. The van der Waals surface area contributed by atoms with Gasteiger partial charge in [0.2, 0.25) is 5.95 Å². The maximum Gasteiger partial charge on any atom is 0.224 e. The molecule has 1 aromatic carbocycles. The topological polar surface area (TPSA) is 80.8 Å². The Morgan fingerprint density at radius 2 is 1.81 bits per heavy atom. The normalized spacial score (nSPS) is 16.8. The Balaban J connectivity index is 1.38. The molecule has 2 aliphatic heterocycles. The Hall–Kier alpha value is -2.58. The SMILES string of the molecule is Cc1cc(Nc2ccc3c(c2)OCCO3)nc(NCCN2CCOCC2)n1. The van der Waals surface area contributed by atoms with Crippen molar-refractivity contribution in [1.82, 2.24) is 14.9 Å². The van der Waals surface area contributed by atoms with Gasteiger partial charge in [-0.05, 0) is 19.1 Å². The first-order valence-electron chi connectivity index (χ1n) is 9.32. The van der Waals surface area contributed by atoms with E-state index < -0.39 is 0 Å². The fourth-order valence-corrected chi connectivity index (χ4v) is 3.13. The second-order valence-electron chi connectivity index (χ2n) is 6.58. The van der Waals surface area contributed by atoms with Gasteiger partial charge in [-0.25, -0.2) is 4.98 Å². The summed E-state index contributed by atoms with van der Waals surface area (Å²) in [6.45, 7) is 8.45. The van der Waals surface area contributed by atoms with Crippen LogP contribution in [0.15, 0.2) is 24.3 Å². The molecular formula is C19H25N5O3. The molecule has 0 saturated carbocycles. The van der Waals surface area contributed by atoms with Gasteiger partial charge < -0.3 is 24.8 Å². The third kappa shape index (κ3) is 4.78. The average molecular weight is 371 g/mol. The molecule has 144 valence electrons. The quantitative estimate of drug-likeness (QED) is 0.799. The van der Waals surface area contributed by atoms with Gasteiger partial charge >= 0.3 is 0 Å². The van der Waals surface area contributed by atoms with Crippen molar-refractivity contribution < 1.29 is 14.2 Å². The molecule has 8 nitrogen and oxygen atoms in total. The van der Waals surface area contributed by atoms with E-state index in [1.54, 1.807) is 0 Å². The predicted molar refractivity (Wildman–Crippen MR) is 103 cm³/mol. The van der Waals surface area contributed by atoms with E-state index in [-0.39, 0.29) is 0 Å². The van der Waals surface area contributed by atoms with Gasteiger partial charge in [0, 0.05) is 49.7 Å². The van der Waals surface area contributed by atoms with Gasteiger partial charge in [0.05, 0.1) is 13.2 Å². The molecule has 0 unspecified atom stereocenters. The maximum atomic E-state index is 5.64. The molecule has 0 spiro atoms. The molecule has 3 heterocycles. The van der Waals surface area contributed by atoms with Crippen molar-refractivity contribution >= 4 is 17.5 Å². The van der Waals surface area contributed by atoms with E-state index in [0.717, 1.165) is 68.1 Å². The van der Waals surface area contributed by atoms with Crippen molar-refractivity contribution in [3.63, 3.8) is 0 Å². The van der Waals surface area contributed by atoms with E-state index in [1.807, 2.05) is 31.2 Å². The molecule has 4 rings (SSSR count). The lowest BCUT2D eigenvalue weighted by atomic mass is 10.2. The number of rotatable bonds is 6. The summed E-state index contributed by atoms with van der Waals surface area (Å²) in [5.74, 6) is 2.90. The van der Waals surface area contributed by atoms with E-state index in [4.69, 9.17) is 14.2 Å². The first kappa shape index (κ1) is 17.8. The van der Waals surface area contributed by atoms with E-state index >= 15 is 0 Å². The number of morpholine rings is 1. The van der Waals surface area contributed by atoms with Crippen molar-refractivity contribution in [2.24, 2.45) is 0 Å². The second kappa shape index (κ2) is 8.41. The summed E-state index contributed by atoms with van der Waals surface area (Å²) in [6.07, 6.45) is 0. The third-order valence-corrected chi connectivity index (χ3v) is 4.48. The lowest BCUT2D eigenvalue weighted by Crippen LogP contribution is -2.39. The first-order chi connectivity index (χ1) is 13.3. The molecule has 1 aromatic heterocycles. The zero-order valence-electron chi connectivity index (χ0n) is 15.5. The molecule has 0 amide bonds. The van der Waals surface area contributed by atoms with Crippen LogP contribution in [0.1, 0.15) is 5.69 Å². The van der Waals surface area contributed by atoms with Crippen LogP contribution in [0.5, 0.6) is 11.5 Å². The van der Waals surface area contributed by atoms with Gasteiger partial charge in [-0.3, -0.25) is 4.90 Å². The zero-order chi connectivity index (χ0) is 18.5. The summed E-state index contributed by atoms with van der Waals surface area (Å²) in [7, 11) is 0. The highest BCUT2D eigenvalue weighted by molar-refractivity contribution is 5.62. The molecule has 0 radical (unpaired) electrons. The highest BCUT2D eigenvalue weighted by atomic mass is 16.6. The summed E-state index contributed by atoms with van der Waals surface area (Å²) in [6, 6.07) is 7.71. The van der Waals surface area contributed by atoms with E-state index in [9.17, 15) is 0 Å². The summed E-state index contributed by atoms with van der Waals surface area (Å²) >= 11 is 0. The van der Waals surface area contributed by atoms with E-state index in [0.29, 0.717) is 19.2 Å². The first-order valence-corrected chi connectivity index (χ1v) is 9.32. The van der Waals surface area contributed by atoms with Crippen LogP contribution in [0.3, 0.4) is 0 Å². The highest BCUT2D eigenvalue weighted by Crippen LogP contribution is 2.33. The molecule has 2 aliphatic rings. The number of aryl methyl sites for hydroxylation is 1. The summed E-state index contributed by atoms with van der Waals surface area (Å²) in [4.78, 5) is 11.4. The van der Waals surface area contributed by atoms with Gasteiger partial charge in [-0.2, -0.15) is 4.98 Å². The number of hydrogen-bond donors (Lipinski definition) is 2. The lowest BCUT2D eigenvalue weighted by Gasteiger charge is -2.26. The molecule has 2 aromatic rings. The average Bonchev–Trinajstić information content (AvgIpc) is 2.68. The van der Waals surface area contributed by atoms with Gasteiger partial charge in [-0.1, -0.05) is 0 Å². The van der Waals surface area contributed by atoms with Crippen molar-refractivity contribution in [2.75, 3.05) is 63.2 Å². The van der Waals surface area contributed by atoms with Crippen LogP contribution < -0.4 is 20.1 Å². The van der Waals surface area contributed by atoms with Crippen LogP contribution in [0.25, 0.3) is 0 Å². The van der Waals surface area contributed by atoms with Crippen LogP contribution in [0.2, 0.25) is 0 Å². The molecule has 1 fully saturated rings. The summed E-state index contributed by atoms with van der Waals surface area (Å²) in [5.41, 5.74) is 1.80. The minimum atomic E-state index is 0.570. The number of ether oxygens (including phenoxy) is 3. The molecular weight excluding hydrogens is 346 g/mol. The third-order valence-electron chi connectivity index (χ3n) is 4.48. The number of nitrogens with zero attached hydrogens (tertiary/aromatic N) is 3. The number of aromatic nitrogens is 2. The molecule has 1 saturated heterocycles. The number of benzene rings is 1. The fraction of sp³-hybridized carbons (Fsp3) is 0.474. The summed E-state index contributed by atoms with van der Waals surface area (Å²) in [5, 5.41) is 6.64. The van der Waals surface area contributed by atoms with Crippen molar-refractivity contribution in [3.05, 3.63) is 30.0 Å². The van der Waals surface area contributed by atoms with Gasteiger partial charge in [0.25, 0.3) is 0 Å². The molecule has 2 N–H and O–H groups in total. The number of hydrogen-bond acceptors (Lipinski definition) is 8. The Morgan fingerprint density at radius 3 is 2.67 bits per heavy atom. The van der Waals surface area contributed by atoms with Crippen molar-refractivity contribution in [3.8, 4) is 11.5 Å². The van der Waals surface area contributed by atoms with Crippen LogP contribution in [0.4, 0.5) is 17.5 Å². The standard InChI is InChI=1S/C19H25N5O3/c1-14-12-18(22-15-2-3-16-17(13-15)27-11-10-26-16)23-19(21-14)20-4-5-24-6-8-25-9-7-24/h2-3,12-13H,4-11H2,1H3,(H2,20,21,22,23). The Morgan fingerprint density at radius 1 is 1.00 bits per heavy atom. The van der Waals surface area contributed by atoms with Crippen LogP contribution >= 0.6 is 0 Å². The van der Waals surface area contributed by atoms with Crippen LogP contribution in [0, 0.1) is 6.92 Å². The van der Waals surface area contributed by atoms with Crippen LogP contribution in [-0.4, -0.2) is 67.5 Å². The Bertz CT molecular complexity index is 780. The Labute approximate surface area is 158 Å². The predicted octanol–water partition coefficient (Wildman–Crippen LogP) is 2.04. The number of anilines is 3. The number of fused-ring (bicyclic) bond motifs is 1. The van der Waals surface area contributed by atoms with E-state index in [1.165, 1.54) is 0 Å². The van der Waals surface area contributed by atoms with Crippen molar-refractivity contribution in [1.29, 1.82) is 0 Å².